The van der Waals surface area contributed by atoms with Gasteiger partial charge in [-0.3, -0.25) is 14.9 Å². The summed E-state index contributed by atoms with van der Waals surface area (Å²) in [6.07, 6.45) is 2.29. The summed E-state index contributed by atoms with van der Waals surface area (Å²) < 4.78 is 5.89. The van der Waals surface area contributed by atoms with Crippen LogP contribution in [0.2, 0.25) is 0 Å². The average molecular weight is 401 g/mol. The van der Waals surface area contributed by atoms with E-state index in [9.17, 15) is 14.9 Å². The number of carbonyl (C=O) groups is 1. The highest BCUT2D eigenvalue weighted by molar-refractivity contribution is 6.13. The first-order chi connectivity index (χ1) is 14.6. The molecule has 1 heterocycles. The number of hydrogen-bond donors (Lipinski definition) is 2. The summed E-state index contributed by atoms with van der Waals surface area (Å²) in [5.41, 5.74) is 2.61. The second-order valence-corrected chi connectivity index (χ2v) is 6.72. The first-order valence-corrected chi connectivity index (χ1v) is 9.44. The minimum atomic E-state index is -0.482. The summed E-state index contributed by atoms with van der Waals surface area (Å²) in [6.45, 7) is 0.468. The molecule has 0 aliphatic rings. The minimum Gasteiger partial charge on any atom is -0.491 e. The van der Waals surface area contributed by atoms with E-state index in [1.807, 2.05) is 36.4 Å². The molecule has 0 saturated heterocycles. The Kier molecular flexibility index (Phi) is 5.43. The van der Waals surface area contributed by atoms with Crippen LogP contribution < -0.4 is 10.1 Å². The van der Waals surface area contributed by atoms with Crippen molar-refractivity contribution in [1.82, 2.24) is 4.98 Å². The van der Waals surface area contributed by atoms with Gasteiger partial charge in [-0.2, -0.15) is 0 Å². The number of anilines is 1. The van der Waals surface area contributed by atoms with Crippen LogP contribution in [0.5, 0.6) is 5.75 Å². The van der Waals surface area contributed by atoms with Crippen molar-refractivity contribution in [3.63, 3.8) is 0 Å². The molecule has 150 valence electrons. The summed E-state index contributed by atoms with van der Waals surface area (Å²) in [6, 6.07) is 21.6. The zero-order valence-electron chi connectivity index (χ0n) is 16.0. The lowest BCUT2D eigenvalue weighted by molar-refractivity contribution is -0.384. The number of benzene rings is 3. The normalized spacial score (nSPS) is 10.7. The van der Waals surface area contributed by atoms with Gasteiger partial charge in [-0.25, -0.2) is 0 Å². The molecule has 1 amide bonds. The summed E-state index contributed by atoms with van der Waals surface area (Å²) in [5, 5.41) is 14.4. The van der Waals surface area contributed by atoms with Crippen molar-refractivity contribution in [2.75, 3.05) is 11.9 Å². The Bertz CT molecular complexity index is 1200. The van der Waals surface area contributed by atoms with Crippen molar-refractivity contribution in [1.29, 1.82) is 0 Å². The van der Waals surface area contributed by atoms with Gasteiger partial charge in [0.1, 0.15) is 5.75 Å². The monoisotopic (exact) mass is 401 g/mol. The molecule has 7 nitrogen and oxygen atoms in total. The lowest BCUT2D eigenvalue weighted by Gasteiger charge is -2.12. The van der Waals surface area contributed by atoms with E-state index in [-0.39, 0.29) is 11.6 Å². The highest BCUT2D eigenvalue weighted by Crippen LogP contribution is 2.27. The number of aromatic amines is 1. The second kappa shape index (κ2) is 8.48. The van der Waals surface area contributed by atoms with Crippen LogP contribution >= 0.6 is 0 Å². The Balaban J connectivity index is 1.50. The molecule has 0 aliphatic carbocycles. The maximum Gasteiger partial charge on any atom is 0.270 e. The van der Waals surface area contributed by atoms with Crippen molar-refractivity contribution >= 4 is 28.2 Å². The number of nitrogens with one attached hydrogen (secondary N) is 2. The summed E-state index contributed by atoms with van der Waals surface area (Å²) in [4.78, 5) is 26.4. The fraction of sp³-hybridized carbons (Fsp3) is 0.0870. The molecule has 2 N–H and O–H groups in total. The number of non-ortho nitro benzene ring substituents is 1. The molecule has 4 aromatic rings. The number of rotatable bonds is 7. The van der Waals surface area contributed by atoms with E-state index in [1.54, 1.807) is 30.5 Å². The Labute approximate surface area is 172 Å². The van der Waals surface area contributed by atoms with E-state index in [2.05, 4.69) is 10.3 Å². The van der Waals surface area contributed by atoms with Gasteiger partial charge in [-0.15, -0.1) is 0 Å². The molecule has 4 rings (SSSR count). The summed E-state index contributed by atoms with van der Waals surface area (Å²) in [7, 11) is 0. The number of amides is 1. The van der Waals surface area contributed by atoms with Gasteiger partial charge in [-0.1, -0.05) is 42.5 Å². The minimum absolute atomic E-state index is 0.0687. The topological polar surface area (TPSA) is 97.3 Å². The van der Waals surface area contributed by atoms with Crippen molar-refractivity contribution in [2.45, 2.75) is 6.42 Å². The number of nitro benzene ring substituents is 1. The van der Waals surface area contributed by atoms with Gasteiger partial charge < -0.3 is 15.0 Å². The predicted molar refractivity (Wildman–Crippen MR) is 115 cm³/mol. The van der Waals surface area contributed by atoms with Crippen molar-refractivity contribution in [3.8, 4) is 5.75 Å². The summed E-state index contributed by atoms with van der Waals surface area (Å²) in [5.74, 6) is 0.188. The number of para-hydroxylation sites is 2. The van der Waals surface area contributed by atoms with Gasteiger partial charge in [0.15, 0.2) is 0 Å². The molecular weight excluding hydrogens is 382 g/mol. The van der Waals surface area contributed by atoms with E-state index >= 15 is 0 Å². The van der Waals surface area contributed by atoms with Crippen LogP contribution in [-0.4, -0.2) is 22.4 Å². The standard InChI is InChI=1S/C23H19N3O4/c27-23(19-15-24-20-11-10-17(26(28)29)14-18(19)20)25-21-8-4-5-9-22(21)30-13-12-16-6-2-1-3-7-16/h1-11,14-15,24H,12-13H2,(H,25,27). The molecule has 0 unspecified atom stereocenters. The SMILES string of the molecule is O=C(Nc1ccccc1OCCc1ccccc1)c1c[nH]c2ccc([N+](=O)[O-])cc12. The molecule has 0 aliphatic heterocycles. The molecule has 0 radical (unpaired) electrons. The van der Waals surface area contributed by atoms with Gasteiger partial charge in [0.25, 0.3) is 11.6 Å². The smallest absolute Gasteiger partial charge is 0.270 e. The van der Waals surface area contributed by atoms with Crippen LogP contribution in [-0.2, 0) is 6.42 Å². The van der Waals surface area contributed by atoms with Crippen molar-refractivity contribution in [3.05, 3.63) is 100 Å². The first-order valence-electron chi connectivity index (χ1n) is 9.44. The maximum absolute atomic E-state index is 12.9. The van der Waals surface area contributed by atoms with Crippen molar-refractivity contribution < 1.29 is 14.5 Å². The number of ether oxygens (including phenoxy) is 1. The first kappa shape index (κ1) is 19.2. The fourth-order valence-electron chi connectivity index (χ4n) is 3.22. The molecule has 30 heavy (non-hydrogen) atoms. The highest BCUT2D eigenvalue weighted by Gasteiger charge is 2.17. The third kappa shape index (κ3) is 4.15. The van der Waals surface area contributed by atoms with Gasteiger partial charge in [-0.05, 0) is 23.8 Å². The zero-order chi connectivity index (χ0) is 20.9. The number of carbonyl (C=O) groups excluding carboxylic acids is 1. The van der Waals surface area contributed by atoms with E-state index < -0.39 is 4.92 Å². The second-order valence-electron chi connectivity index (χ2n) is 6.72. The Morgan fingerprint density at radius 3 is 2.60 bits per heavy atom. The van der Waals surface area contributed by atoms with E-state index in [1.165, 1.54) is 17.7 Å². The number of aromatic nitrogens is 1. The molecule has 0 bridgehead atoms. The fourth-order valence-corrected chi connectivity index (χ4v) is 3.22. The van der Waals surface area contributed by atoms with Crippen LogP contribution in [0.4, 0.5) is 11.4 Å². The molecule has 3 aromatic carbocycles. The van der Waals surface area contributed by atoms with E-state index in [0.29, 0.717) is 34.5 Å². The van der Waals surface area contributed by atoms with Gasteiger partial charge in [0, 0.05) is 35.7 Å². The average Bonchev–Trinajstić information content (AvgIpc) is 3.19. The van der Waals surface area contributed by atoms with Crippen LogP contribution in [0.1, 0.15) is 15.9 Å². The number of H-pyrrole nitrogens is 1. The third-order valence-electron chi connectivity index (χ3n) is 4.75. The van der Waals surface area contributed by atoms with Crippen LogP contribution in [0.25, 0.3) is 10.9 Å². The molecule has 0 spiro atoms. The quantitative estimate of drug-likeness (QED) is 0.338. The highest BCUT2D eigenvalue weighted by atomic mass is 16.6. The Morgan fingerprint density at radius 1 is 1.03 bits per heavy atom. The zero-order valence-corrected chi connectivity index (χ0v) is 16.0. The van der Waals surface area contributed by atoms with Crippen LogP contribution in [0, 0.1) is 10.1 Å². The van der Waals surface area contributed by atoms with Crippen molar-refractivity contribution in [2.24, 2.45) is 0 Å². The number of nitro groups is 1. The number of nitrogens with zero attached hydrogens (tertiary/aromatic N) is 1. The molecule has 0 fully saturated rings. The number of fused-ring (bicyclic) bond motifs is 1. The molecule has 1 aromatic heterocycles. The van der Waals surface area contributed by atoms with Gasteiger partial charge in [0.05, 0.1) is 22.8 Å². The molecular formula is C23H19N3O4. The van der Waals surface area contributed by atoms with E-state index in [0.717, 1.165) is 6.42 Å². The van der Waals surface area contributed by atoms with Gasteiger partial charge in [0.2, 0.25) is 0 Å². The van der Waals surface area contributed by atoms with Gasteiger partial charge >= 0.3 is 0 Å². The third-order valence-corrected chi connectivity index (χ3v) is 4.75. The lowest BCUT2D eigenvalue weighted by atomic mass is 10.1. The molecule has 0 atom stereocenters. The van der Waals surface area contributed by atoms with Crippen LogP contribution in [0.15, 0.2) is 79.0 Å². The Morgan fingerprint density at radius 2 is 1.80 bits per heavy atom. The molecule has 7 heteroatoms. The summed E-state index contributed by atoms with van der Waals surface area (Å²) >= 11 is 0. The Hall–Kier alpha value is -4.13. The number of hydrogen-bond acceptors (Lipinski definition) is 4. The van der Waals surface area contributed by atoms with E-state index in [4.69, 9.17) is 4.74 Å². The maximum atomic E-state index is 12.9. The van der Waals surface area contributed by atoms with Crippen LogP contribution in [0.3, 0.4) is 0 Å². The molecule has 0 saturated carbocycles. The largest absolute Gasteiger partial charge is 0.491 e. The predicted octanol–water partition coefficient (Wildman–Crippen LogP) is 4.95. The lowest BCUT2D eigenvalue weighted by Crippen LogP contribution is -2.13.